The molecule has 1 N–H and O–H groups in total. The molecule has 1 aliphatic rings. The molecule has 1 aromatic heterocycles. The summed E-state index contributed by atoms with van der Waals surface area (Å²) in [7, 11) is 0. The van der Waals surface area contributed by atoms with Crippen molar-refractivity contribution in [3.05, 3.63) is 23.9 Å². The van der Waals surface area contributed by atoms with Gasteiger partial charge in [-0.2, -0.15) is 0 Å². The van der Waals surface area contributed by atoms with E-state index in [1.54, 1.807) is 19.1 Å². The third-order valence-electron chi connectivity index (χ3n) is 3.34. The summed E-state index contributed by atoms with van der Waals surface area (Å²) >= 11 is 0. The molecule has 0 bridgehead atoms. The maximum atomic E-state index is 11.5. The predicted octanol–water partition coefficient (Wildman–Crippen LogP) is 2.63. The van der Waals surface area contributed by atoms with E-state index in [2.05, 4.69) is 10.3 Å². The van der Waals surface area contributed by atoms with E-state index >= 15 is 0 Å². The van der Waals surface area contributed by atoms with Gasteiger partial charge in [0.25, 0.3) is 0 Å². The Morgan fingerprint density at radius 1 is 1.40 bits per heavy atom. The normalized spacial score (nSPS) is 15.2. The summed E-state index contributed by atoms with van der Waals surface area (Å²) in [5.41, 5.74) is 0.472. The van der Waals surface area contributed by atoms with Crippen LogP contribution < -0.4 is 5.32 Å². The van der Waals surface area contributed by atoms with Crippen LogP contribution in [-0.4, -0.2) is 36.8 Å². The molecule has 5 nitrogen and oxygen atoms in total. The number of ether oxygens (including phenoxy) is 2. The number of carbonyl (C=O) groups is 1. The second kappa shape index (κ2) is 7.85. The van der Waals surface area contributed by atoms with Crippen molar-refractivity contribution in [3.8, 4) is 0 Å². The summed E-state index contributed by atoms with van der Waals surface area (Å²) in [6.07, 6.45) is 6.91. The molecule has 1 heterocycles. The molecule has 0 atom stereocenters. The zero-order valence-electron chi connectivity index (χ0n) is 11.9. The smallest absolute Gasteiger partial charge is 0.339 e. The molecule has 1 fully saturated rings. The number of anilines is 1. The van der Waals surface area contributed by atoms with Crippen LogP contribution in [0.25, 0.3) is 0 Å². The molecule has 20 heavy (non-hydrogen) atoms. The minimum Gasteiger partial charge on any atom is -0.462 e. The third kappa shape index (κ3) is 4.49. The lowest BCUT2D eigenvalue weighted by Gasteiger charge is -2.11. The molecule has 0 aromatic carbocycles. The van der Waals surface area contributed by atoms with Gasteiger partial charge in [-0.3, -0.25) is 0 Å². The Hall–Kier alpha value is -1.62. The Bertz CT molecular complexity index is 414. The van der Waals surface area contributed by atoms with Crippen LogP contribution in [0.5, 0.6) is 0 Å². The molecule has 1 aliphatic carbocycles. The Kier molecular flexibility index (Phi) is 5.80. The minimum atomic E-state index is -0.337. The van der Waals surface area contributed by atoms with Crippen LogP contribution in [0.2, 0.25) is 0 Å². The van der Waals surface area contributed by atoms with Crippen molar-refractivity contribution in [3.63, 3.8) is 0 Å². The van der Waals surface area contributed by atoms with Gasteiger partial charge in [-0.05, 0) is 31.9 Å². The standard InChI is InChI=1S/C15H22N2O3/c1-2-19-15(18)12-7-8-14(17-11-12)16-9-10-20-13-5-3-4-6-13/h7-8,11,13H,2-6,9-10H2,1H3,(H,16,17). The fourth-order valence-corrected chi connectivity index (χ4v) is 2.29. The highest BCUT2D eigenvalue weighted by atomic mass is 16.5. The first-order chi connectivity index (χ1) is 9.79. The lowest BCUT2D eigenvalue weighted by atomic mass is 10.3. The fourth-order valence-electron chi connectivity index (χ4n) is 2.29. The number of nitrogens with one attached hydrogen (secondary N) is 1. The van der Waals surface area contributed by atoms with Crippen LogP contribution >= 0.6 is 0 Å². The van der Waals surface area contributed by atoms with E-state index in [0.29, 0.717) is 24.9 Å². The van der Waals surface area contributed by atoms with Crippen LogP contribution in [0.4, 0.5) is 5.82 Å². The number of carbonyl (C=O) groups excluding carboxylic acids is 1. The van der Waals surface area contributed by atoms with Gasteiger partial charge in [-0.25, -0.2) is 9.78 Å². The maximum Gasteiger partial charge on any atom is 0.339 e. The van der Waals surface area contributed by atoms with Crippen molar-refractivity contribution in [1.29, 1.82) is 0 Å². The van der Waals surface area contributed by atoms with Gasteiger partial charge >= 0.3 is 5.97 Å². The number of rotatable bonds is 7. The molecule has 0 amide bonds. The van der Waals surface area contributed by atoms with Gasteiger partial charge in [-0.1, -0.05) is 12.8 Å². The van der Waals surface area contributed by atoms with Crippen molar-refractivity contribution in [2.75, 3.05) is 25.1 Å². The Balaban J connectivity index is 1.69. The second-order valence-corrected chi connectivity index (χ2v) is 4.86. The summed E-state index contributed by atoms with van der Waals surface area (Å²) in [5, 5.41) is 3.18. The van der Waals surface area contributed by atoms with E-state index in [4.69, 9.17) is 9.47 Å². The number of esters is 1. The number of hydrogen-bond acceptors (Lipinski definition) is 5. The van der Waals surface area contributed by atoms with Crippen molar-refractivity contribution in [1.82, 2.24) is 4.98 Å². The van der Waals surface area contributed by atoms with Gasteiger partial charge in [-0.15, -0.1) is 0 Å². The number of pyridine rings is 1. The lowest BCUT2D eigenvalue weighted by Crippen LogP contribution is -2.16. The molecule has 110 valence electrons. The van der Waals surface area contributed by atoms with Gasteiger partial charge in [0.2, 0.25) is 0 Å². The second-order valence-electron chi connectivity index (χ2n) is 4.86. The molecule has 1 saturated carbocycles. The molecule has 0 unspecified atom stereocenters. The fraction of sp³-hybridized carbons (Fsp3) is 0.600. The van der Waals surface area contributed by atoms with Crippen LogP contribution in [0.1, 0.15) is 43.0 Å². The minimum absolute atomic E-state index is 0.337. The Labute approximate surface area is 119 Å². The first-order valence-electron chi connectivity index (χ1n) is 7.28. The van der Waals surface area contributed by atoms with E-state index in [1.807, 2.05) is 0 Å². The van der Waals surface area contributed by atoms with Gasteiger partial charge < -0.3 is 14.8 Å². The summed E-state index contributed by atoms with van der Waals surface area (Å²) in [5.74, 6) is 0.407. The zero-order valence-corrected chi connectivity index (χ0v) is 11.9. The first-order valence-corrected chi connectivity index (χ1v) is 7.28. The molecule has 1 aromatic rings. The maximum absolute atomic E-state index is 11.5. The molecule has 0 saturated heterocycles. The van der Waals surface area contributed by atoms with Crippen molar-refractivity contribution in [2.45, 2.75) is 38.7 Å². The van der Waals surface area contributed by atoms with Crippen LogP contribution in [0.3, 0.4) is 0 Å². The van der Waals surface area contributed by atoms with Crippen LogP contribution in [-0.2, 0) is 9.47 Å². The van der Waals surface area contributed by atoms with Crippen molar-refractivity contribution >= 4 is 11.8 Å². The first kappa shape index (κ1) is 14.8. The van der Waals surface area contributed by atoms with Gasteiger partial charge in [0.1, 0.15) is 5.82 Å². The van der Waals surface area contributed by atoms with Crippen LogP contribution in [0.15, 0.2) is 18.3 Å². The van der Waals surface area contributed by atoms with E-state index in [0.717, 1.165) is 12.4 Å². The summed E-state index contributed by atoms with van der Waals surface area (Å²) in [6, 6.07) is 3.49. The Morgan fingerprint density at radius 3 is 2.85 bits per heavy atom. The average Bonchev–Trinajstić information content (AvgIpc) is 2.98. The number of hydrogen-bond donors (Lipinski definition) is 1. The highest BCUT2D eigenvalue weighted by Gasteiger charge is 2.14. The van der Waals surface area contributed by atoms with E-state index in [1.165, 1.54) is 31.9 Å². The van der Waals surface area contributed by atoms with Crippen molar-refractivity contribution < 1.29 is 14.3 Å². The third-order valence-corrected chi connectivity index (χ3v) is 3.34. The Morgan fingerprint density at radius 2 is 2.20 bits per heavy atom. The average molecular weight is 278 g/mol. The molecule has 5 heteroatoms. The SMILES string of the molecule is CCOC(=O)c1ccc(NCCOC2CCCC2)nc1. The van der Waals surface area contributed by atoms with Crippen molar-refractivity contribution in [2.24, 2.45) is 0 Å². The topological polar surface area (TPSA) is 60.5 Å². The quantitative estimate of drug-likeness (QED) is 0.613. The van der Waals surface area contributed by atoms with Gasteiger partial charge in [0, 0.05) is 12.7 Å². The monoisotopic (exact) mass is 278 g/mol. The van der Waals surface area contributed by atoms with E-state index in [-0.39, 0.29) is 5.97 Å². The molecule has 0 aliphatic heterocycles. The largest absolute Gasteiger partial charge is 0.462 e. The van der Waals surface area contributed by atoms with Crippen LogP contribution in [0, 0.1) is 0 Å². The van der Waals surface area contributed by atoms with E-state index < -0.39 is 0 Å². The summed E-state index contributed by atoms with van der Waals surface area (Å²) < 4.78 is 10.7. The highest BCUT2D eigenvalue weighted by Crippen LogP contribution is 2.20. The molecular weight excluding hydrogens is 256 g/mol. The number of aromatic nitrogens is 1. The molecular formula is C15H22N2O3. The highest BCUT2D eigenvalue weighted by molar-refractivity contribution is 5.89. The molecule has 0 spiro atoms. The van der Waals surface area contributed by atoms with Gasteiger partial charge in [0.15, 0.2) is 0 Å². The lowest BCUT2D eigenvalue weighted by molar-refractivity contribution is 0.0525. The predicted molar refractivity (Wildman–Crippen MR) is 76.9 cm³/mol. The zero-order chi connectivity index (χ0) is 14.2. The molecule has 0 radical (unpaired) electrons. The van der Waals surface area contributed by atoms with E-state index in [9.17, 15) is 4.79 Å². The summed E-state index contributed by atoms with van der Waals surface area (Å²) in [4.78, 5) is 15.6. The molecule has 2 rings (SSSR count). The summed E-state index contributed by atoms with van der Waals surface area (Å²) in [6.45, 7) is 3.57. The van der Waals surface area contributed by atoms with Gasteiger partial charge in [0.05, 0.1) is 24.9 Å². The number of nitrogens with zero attached hydrogens (tertiary/aromatic N) is 1.